The number of hydrogen-bond acceptors (Lipinski definition) is 6. The van der Waals surface area contributed by atoms with Gasteiger partial charge in [0, 0.05) is 44.6 Å². The summed E-state index contributed by atoms with van der Waals surface area (Å²) in [4.78, 5) is 19.4. The number of ether oxygens (including phenoxy) is 2. The lowest BCUT2D eigenvalue weighted by atomic mass is 10.00. The van der Waals surface area contributed by atoms with Crippen LogP contribution in [0.1, 0.15) is 71.3 Å². The van der Waals surface area contributed by atoms with E-state index in [0.29, 0.717) is 43.8 Å². The minimum absolute atomic E-state index is 0.00387. The van der Waals surface area contributed by atoms with Crippen molar-refractivity contribution in [2.75, 3.05) is 13.1 Å². The number of piperidine rings is 1. The van der Waals surface area contributed by atoms with E-state index in [4.69, 9.17) is 18.9 Å². The predicted octanol–water partition coefficient (Wildman–Crippen LogP) is 8.58. The second-order valence-electron chi connectivity index (χ2n) is 14.6. The molecule has 4 aromatic rings. The molecular formula is C36H46N4O4Si. The number of nitrogens with zero attached hydrogens (tertiary/aromatic N) is 4. The fourth-order valence-electron chi connectivity index (χ4n) is 5.48. The molecule has 1 fully saturated rings. The predicted molar refractivity (Wildman–Crippen MR) is 182 cm³/mol. The standard InChI is InChI=1S/C36H46N4O4Si/c1-24-38-30-20-33(44-45(8,9)36(5,6)7)32(42-27-16-18-39(19-17-27)34(41)43-35(2,3)4)21-31(30)40(24)23-26-15-14-25(22-37)28-12-10-11-13-29(26)28/h10-15,20-21,27H,16-19,23H2,1-9H3. The molecule has 1 saturated heterocycles. The maximum atomic E-state index is 12.7. The molecule has 0 unspecified atom stereocenters. The third-order valence-electron chi connectivity index (χ3n) is 9.03. The van der Waals surface area contributed by atoms with Gasteiger partial charge in [0.1, 0.15) is 23.3 Å². The lowest BCUT2D eigenvalue weighted by Gasteiger charge is -2.37. The normalized spacial score (nSPS) is 14.9. The van der Waals surface area contributed by atoms with Crippen molar-refractivity contribution in [1.82, 2.24) is 14.5 Å². The van der Waals surface area contributed by atoms with Gasteiger partial charge in [0.15, 0.2) is 5.75 Å². The number of aromatic nitrogens is 2. The molecule has 0 aliphatic carbocycles. The van der Waals surface area contributed by atoms with Crippen molar-refractivity contribution in [3.8, 4) is 17.6 Å². The van der Waals surface area contributed by atoms with Crippen LogP contribution in [-0.4, -0.2) is 53.7 Å². The van der Waals surface area contributed by atoms with Crippen molar-refractivity contribution in [1.29, 1.82) is 5.26 Å². The summed E-state index contributed by atoms with van der Waals surface area (Å²) in [6.07, 6.45) is 1.06. The van der Waals surface area contributed by atoms with E-state index in [0.717, 1.165) is 38.9 Å². The van der Waals surface area contributed by atoms with E-state index in [-0.39, 0.29) is 17.2 Å². The average Bonchev–Trinajstić information content (AvgIpc) is 3.25. The Morgan fingerprint density at radius 1 is 1.00 bits per heavy atom. The van der Waals surface area contributed by atoms with E-state index < -0.39 is 13.9 Å². The van der Waals surface area contributed by atoms with Crippen molar-refractivity contribution >= 4 is 36.2 Å². The third-order valence-corrected chi connectivity index (χ3v) is 13.4. The Morgan fingerprint density at radius 2 is 1.67 bits per heavy atom. The van der Waals surface area contributed by atoms with Gasteiger partial charge in [0.25, 0.3) is 8.32 Å². The van der Waals surface area contributed by atoms with E-state index in [1.807, 2.05) is 64.1 Å². The smallest absolute Gasteiger partial charge is 0.410 e. The number of carbonyl (C=O) groups is 1. The number of imidazole rings is 1. The fourth-order valence-corrected chi connectivity index (χ4v) is 6.50. The summed E-state index contributed by atoms with van der Waals surface area (Å²) in [5, 5.41) is 11.7. The molecule has 0 atom stereocenters. The maximum absolute atomic E-state index is 12.7. The van der Waals surface area contributed by atoms with Gasteiger partial charge in [-0.1, -0.05) is 51.1 Å². The molecule has 5 rings (SSSR count). The molecule has 0 spiro atoms. The summed E-state index contributed by atoms with van der Waals surface area (Å²) in [6, 6.07) is 18.4. The van der Waals surface area contributed by atoms with Crippen molar-refractivity contribution in [2.24, 2.45) is 0 Å². The number of hydrogen-bond donors (Lipinski definition) is 0. The summed E-state index contributed by atoms with van der Waals surface area (Å²) in [5.41, 5.74) is 3.07. The zero-order valence-corrected chi connectivity index (χ0v) is 29.2. The molecule has 1 aromatic heterocycles. The summed E-state index contributed by atoms with van der Waals surface area (Å²) < 4.78 is 21.4. The molecule has 1 aliphatic heterocycles. The number of likely N-dealkylation sites (tertiary alicyclic amines) is 1. The third kappa shape index (κ3) is 6.96. The van der Waals surface area contributed by atoms with E-state index in [1.54, 1.807) is 4.90 Å². The van der Waals surface area contributed by atoms with E-state index >= 15 is 0 Å². The van der Waals surface area contributed by atoms with Crippen LogP contribution in [-0.2, 0) is 11.3 Å². The number of aryl methyl sites for hydroxylation is 1. The van der Waals surface area contributed by atoms with Crippen LogP contribution in [0.2, 0.25) is 18.1 Å². The van der Waals surface area contributed by atoms with Crippen LogP contribution in [0.5, 0.6) is 11.5 Å². The van der Waals surface area contributed by atoms with Gasteiger partial charge in [-0.3, -0.25) is 0 Å². The highest BCUT2D eigenvalue weighted by molar-refractivity contribution is 6.74. The van der Waals surface area contributed by atoms with Crippen molar-refractivity contribution in [2.45, 2.75) is 97.7 Å². The average molecular weight is 627 g/mol. The second kappa shape index (κ2) is 12.0. The zero-order valence-electron chi connectivity index (χ0n) is 28.2. The minimum atomic E-state index is -2.20. The topological polar surface area (TPSA) is 89.6 Å². The number of carbonyl (C=O) groups excluding carboxylic acids is 1. The summed E-state index contributed by atoms with van der Waals surface area (Å²) in [7, 11) is -2.20. The highest BCUT2D eigenvalue weighted by Gasteiger charge is 2.40. The van der Waals surface area contributed by atoms with Gasteiger partial charge >= 0.3 is 6.09 Å². The fraction of sp³-hybridized carbons (Fsp3) is 0.472. The minimum Gasteiger partial charge on any atom is -0.541 e. The second-order valence-corrected chi connectivity index (χ2v) is 19.3. The van der Waals surface area contributed by atoms with Crippen molar-refractivity contribution in [3.05, 3.63) is 65.5 Å². The van der Waals surface area contributed by atoms with Crippen LogP contribution in [0.25, 0.3) is 21.8 Å². The van der Waals surface area contributed by atoms with Crippen LogP contribution >= 0.6 is 0 Å². The molecule has 0 N–H and O–H groups in total. The van der Waals surface area contributed by atoms with E-state index in [9.17, 15) is 10.1 Å². The summed E-state index contributed by atoms with van der Waals surface area (Å²) in [5.74, 6) is 2.31. The number of nitriles is 1. The van der Waals surface area contributed by atoms with Gasteiger partial charge in [-0.15, -0.1) is 0 Å². The van der Waals surface area contributed by atoms with Crippen LogP contribution in [0.15, 0.2) is 48.5 Å². The molecule has 2 heterocycles. The zero-order chi connectivity index (χ0) is 32.7. The van der Waals surface area contributed by atoms with Gasteiger partial charge in [0.2, 0.25) is 0 Å². The largest absolute Gasteiger partial charge is 0.541 e. The summed E-state index contributed by atoms with van der Waals surface area (Å²) in [6.45, 7) is 20.6. The molecule has 238 valence electrons. The monoisotopic (exact) mass is 626 g/mol. The van der Waals surface area contributed by atoms with Crippen molar-refractivity contribution in [3.63, 3.8) is 0 Å². The van der Waals surface area contributed by atoms with Crippen molar-refractivity contribution < 1.29 is 18.7 Å². The Kier molecular flexibility index (Phi) is 8.67. The molecular weight excluding hydrogens is 581 g/mol. The Morgan fingerprint density at radius 3 is 2.29 bits per heavy atom. The van der Waals surface area contributed by atoms with Crippen LogP contribution < -0.4 is 9.16 Å². The first-order chi connectivity index (χ1) is 21.1. The SMILES string of the molecule is Cc1nc2cc(O[Si](C)(C)C(C)(C)C)c(OC3CCN(C(=O)OC(C)(C)C)CC3)cc2n1Cc1ccc(C#N)c2ccccc12. The number of rotatable bonds is 6. The van der Waals surface area contributed by atoms with Gasteiger partial charge in [-0.2, -0.15) is 5.26 Å². The Bertz CT molecular complexity index is 1770. The first-order valence-corrected chi connectivity index (χ1v) is 18.7. The van der Waals surface area contributed by atoms with Gasteiger partial charge in [-0.05, 0) is 68.2 Å². The first kappa shape index (κ1) is 32.4. The number of benzene rings is 3. The van der Waals surface area contributed by atoms with E-state index in [2.05, 4.69) is 56.6 Å². The maximum Gasteiger partial charge on any atom is 0.410 e. The molecule has 0 saturated carbocycles. The molecule has 9 heteroatoms. The van der Waals surface area contributed by atoms with Gasteiger partial charge < -0.3 is 23.4 Å². The van der Waals surface area contributed by atoms with Gasteiger partial charge in [-0.25, -0.2) is 9.78 Å². The van der Waals surface area contributed by atoms with Crippen LogP contribution in [0, 0.1) is 18.3 Å². The number of fused-ring (bicyclic) bond motifs is 2. The molecule has 3 aromatic carbocycles. The Hall–Kier alpha value is -4.03. The quantitative estimate of drug-likeness (QED) is 0.199. The Balaban J connectivity index is 1.49. The highest BCUT2D eigenvalue weighted by atomic mass is 28.4. The highest BCUT2D eigenvalue weighted by Crippen LogP contribution is 2.42. The molecule has 8 nitrogen and oxygen atoms in total. The molecule has 45 heavy (non-hydrogen) atoms. The van der Waals surface area contributed by atoms with Gasteiger partial charge in [0.05, 0.1) is 22.7 Å². The van der Waals surface area contributed by atoms with E-state index in [1.165, 1.54) is 0 Å². The lowest BCUT2D eigenvalue weighted by Crippen LogP contribution is -2.45. The van der Waals surface area contributed by atoms with Crippen LogP contribution in [0.3, 0.4) is 0 Å². The Labute approximate surface area is 268 Å². The number of amides is 1. The molecule has 1 aliphatic rings. The molecule has 1 amide bonds. The first-order valence-electron chi connectivity index (χ1n) is 15.8. The lowest BCUT2D eigenvalue weighted by molar-refractivity contribution is 0.0125. The molecule has 0 bridgehead atoms. The molecule has 0 radical (unpaired) electrons. The van der Waals surface area contributed by atoms with Crippen LogP contribution in [0.4, 0.5) is 4.79 Å². The summed E-state index contributed by atoms with van der Waals surface area (Å²) >= 11 is 0.